The summed E-state index contributed by atoms with van der Waals surface area (Å²) in [5, 5.41) is 19.0. The molecule has 3 N–H and O–H groups in total. The van der Waals surface area contributed by atoms with Crippen molar-refractivity contribution in [1.82, 2.24) is 5.43 Å². The van der Waals surface area contributed by atoms with Gasteiger partial charge in [0.2, 0.25) is 11.8 Å². The maximum atomic E-state index is 12.0. The highest BCUT2D eigenvalue weighted by Gasteiger charge is 2.09. The average Bonchev–Trinajstić information content (AvgIpc) is 2.71. The number of amides is 2. The van der Waals surface area contributed by atoms with Crippen LogP contribution < -0.4 is 10.7 Å². The molecule has 0 unspecified atom stereocenters. The van der Waals surface area contributed by atoms with Gasteiger partial charge in [0.1, 0.15) is 5.75 Å². The molecule has 0 spiro atoms. The van der Waals surface area contributed by atoms with Crippen LogP contribution in [-0.4, -0.2) is 23.1 Å². The molecule has 148 valence electrons. The van der Waals surface area contributed by atoms with E-state index in [2.05, 4.69) is 15.8 Å². The van der Waals surface area contributed by atoms with E-state index in [0.29, 0.717) is 21.3 Å². The predicted molar refractivity (Wildman–Crippen MR) is 116 cm³/mol. The molecule has 0 aromatic heterocycles. The average molecular weight is 430 g/mol. The molecule has 0 saturated carbocycles. The number of aromatic hydroxyl groups is 1. The molecular weight excluding hydrogens is 413 g/mol. The molecule has 3 aromatic carbocycles. The zero-order chi connectivity index (χ0) is 20.8. The third-order valence-corrected chi connectivity index (χ3v) is 4.85. The Morgan fingerprint density at radius 1 is 0.966 bits per heavy atom. The second-order valence-electron chi connectivity index (χ2n) is 6.19. The molecular formula is C21H17Cl2N3O3. The first-order valence-electron chi connectivity index (χ1n) is 8.71. The van der Waals surface area contributed by atoms with Crippen molar-refractivity contribution in [2.45, 2.75) is 12.8 Å². The van der Waals surface area contributed by atoms with Crippen molar-refractivity contribution in [2.75, 3.05) is 5.32 Å². The fourth-order valence-electron chi connectivity index (χ4n) is 2.67. The van der Waals surface area contributed by atoms with E-state index in [1.165, 1.54) is 12.3 Å². The van der Waals surface area contributed by atoms with Crippen LogP contribution in [0.25, 0.3) is 10.8 Å². The number of nitrogens with one attached hydrogen (secondary N) is 2. The summed E-state index contributed by atoms with van der Waals surface area (Å²) in [7, 11) is 0. The lowest BCUT2D eigenvalue weighted by Gasteiger charge is -2.06. The Balaban J connectivity index is 1.53. The largest absolute Gasteiger partial charge is 0.507 e. The summed E-state index contributed by atoms with van der Waals surface area (Å²) in [5.74, 6) is -0.706. The van der Waals surface area contributed by atoms with Gasteiger partial charge < -0.3 is 10.4 Å². The van der Waals surface area contributed by atoms with Gasteiger partial charge in [-0.2, -0.15) is 5.10 Å². The number of carbonyl (C=O) groups is 2. The lowest BCUT2D eigenvalue weighted by molar-refractivity contribution is -0.124. The Morgan fingerprint density at radius 3 is 2.52 bits per heavy atom. The Morgan fingerprint density at radius 2 is 1.72 bits per heavy atom. The molecule has 0 atom stereocenters. The predicted octanol–water partition coefficient (Wildman–Crippen LogP) is 4.72. The Hall–Kier alpha value is -3.09. The van der Waals surface area contributed by atoms with Crippen LogP contribution in [0.15, 0.2) is 59.7 Å². The van der Waals surface area contributed by atoms with Crippen molar-refractivity contribution in [2.24, 2.45) is 5.10 Å². The van der Waals surface area contributed by atoms with Crippen molar-refractivity contribution in [3.8, 4) is 5.75 Å². The number of fused-ring (bicyclic) bond motifs is 1. The number of nitrogens with zero attached hydrogens (tertiary/aromatic N) is 1. The zero-order valence-electron chi connectivity index (χ0n) is 15.2. The molecule has 0 saturated heterocycles. The van der Waals surface area contributed by atoms with E-state index in [9.17, 15) is 14.7 Å². The van der Waals surface area contributed by atoms with Crippen LogP contribution in [0.5, 0.6) is 5.75 Å². The molecule has 0 heterocycles. The van der Waals surface area contributed by atoms with Crippen LogP contribution in [0, 0.1) is 0 Å². The topological polar surface area (TPSA) is 90.8 Å². The number of rotatable bonds is 6. The summed E-state index contributed by atoms with van der Waals surface area (Å²) >= 11 is 11.7. The second kappa shape index (κ2) is 9.41. The number of phenolic OH excluding ortho intramolecular Hbond substituents is 1. The van der Waals surface area contributed by atoms with E-state index >= 15 is 0 Å². The molecule has 0 radical (unpaired) electrons. The van der Waals surface area contributed by atoms with Gasteiger partial charge in [-0.15, -0.1) is 0 Å². The van der Waals surface area contributed by atoms with E-state index in [4.69, 9.17) is 23.2 Å². The maximum Gasteiger partial charge on any atom is 0.240 e. The number of carbonyl (C=O) groups excluding carboxylic acids is 2. The van der Waals surface area contributed by atoms with Gasteiger partial charge in [-0.25, -0.2) is 5.43 Å². The van der Waals surface area contributed by atoms with E-state index in [0.717, 1.165) is 10.8 Å². The highest BCUT2D eigenvalue weighted by molar-refractivity contribution is 6.42. The van der Waals surface area contributed by atoms with Gasteiger partial charge in [0.15, 0.2) is 0 Å². The number of hydrogen-bond acceptors (Lipinski definition) is 4. The van der Waals surface area contributed by atoms with Crippen LogP contribution in [0.3, 0.4) is 0 Å². The molecule has 0 fully saturated rings. The highest BCUT2D eigenvalue weighted by Crippen LogP contribution is 2.26. The monoisotopic (exact) mass is 429 g/mol. The smallest absolute Gasteiger partial charge is 0.240 e. The third kappa shape index (κ3) is 5.47. The fraction of sp³-hybridized carbons (Fsp3) is 0.0952. The van der Waals surface area contributed by atoms with Gasteiger partial charge in [0.25, 0.3) is 0 Å². The van der Waals surface area contributed by atoms with Crippen molar-refractivity contribution < 1.29 is 14.7 Å². The summed E-state index contributed by atoms with van der Waals surface area (Å²) in [6.45, 7) is 0. The maximum absolute atomic E-state index is 12.0. The molecule has 0 bridgehead atoms. The van der Waals surface area contributed by atoms with Gasteiger partial charge in [-0.3, -0.25) is 9.59 Å². The van der Waals surface area contributed by atoms with E-state index < -0.39 is 5.91 Å². The Bertz CT molecular complexity index is 1100. The number of hydrogen-bond donors (Lipinski definition) is 3. The summed E-state index contributed by atoms with van der Waals surface area (Å²) in [6.07, 6.45) is 1.30. The number of halogens is 2. The minimum Gasteiger partial charge on any atom is -0.507 e. The third-order valence-electron chi connectivity index (χ3n) is 4.11. The van der Waals surface area contributed by atoms with Crippen molar-refractivity contribution >= 4 is 57.7 Å². The molecule has 8 heteroatoms. The van der Waals surface area contributed by atoms with Gasteiger partial charge in [0.05, 0.1) is 16.3 Å². The first-order chi connectivity index (χ1) is 13.9. The Kier molecular flexibility index (Phi) is 6.69. The van der Waals surface area contributed by atoms with Crippen LogP contribution in [0.4, 0.5) is 5.69 Å². The van der Waals surface area contributed by atoms with E-state index in [-0.39, 0.29) is 24.5 Å². The normalized spacial score (nSPS) is 11.0. The number of anilines is 1. The fourth-order valence-corrected chi connectivity index (χ4v) is 2.97. The van der Waals surface area contributed by atoms with E-state index in [1.54, 1.807) is 24.3 Å². The zero-order valence-corrected chi connectivity index (χ0v) is 16.7. The Labute approximate surface area is 177 Å². The van der Waals surface area contributed by atoms with E-state index in [1.807, 2.05) is 24.3 Å². The number of benzene rings is 3. The molecule has 0 aliphatic rings. The standard InChI is InChI=1S/C21H17Cl2N3O3/c22-17-7-6-14(11-18(17)23)25-20(28)9-10-21(29)26-24-12-16-15-4-2-1-3-13(15)5-8-19(16)27/h1-8,11-12,27H,9-10H2,(H,25,28)(H,26,29)/b24-12+. The minimum absolute atomic E-state index is 0.0267. The van der Waals surface area contributed by atoms with Gasteiger partial charge in [0, 0.05) is 24.1 Å². The lowest BCUT2D eigenvalue weighted by atomic mass is 10.0. The van der Waals surface area contributed by atoms with Crippen LogP contribution in [0.1, 0.15) is 18.4 Å². The molecule has 2 amide bonds. The van der Waals surface area contributed by atoms with Crippen molar-refractivity contribution in [3.63, 3.8) is 0 Å². The molecule has 3 rings (SSSR count). The van der Waals surface area contributed by atoms with Crippen LogP contribution >= 0.6 is 23.2 Å². The molecule has 29 heavy (non-hydrogen) atoms. The van der Waals surface area contributed by atoms with Crippen LogP contribution in [0.2, 0.25) is 10.0 Å². The van der Waals surface area contributed by atoms with Gasteiger partial charge in [-0.1, -0.05) is 53.5 Å². The molecule has 0 aliphatic heterocycles. The van der Waals surface area contributed by atoms with Gasteiger partial charge in [-0.05, 0) is 35.0 Å². The number of phenols is 1. The summed E-state index contributed by atoms with van der Waals surface area (Å²) in [6, 6.07) is 15.6. The second-order valence-corrected chi connectivity index (χ2v) is 7.00. The summed E-state index contributed by atoms with van der Waals surface area (Å²) in [4.78, 5) is 23.9. The quantitative estimate of drug-likeness (QED) is 0.390. The molecule has 3 aromatic rings. The highest BCUT2D eigenvalue weighted by atomic mass is 35.5. The van der Waals surface area contributed by atoms with Crippen molar-refractivity contribution in [1.29, 1.82) is 0 Å². The van der Waals surface area contributed by atoms with Crippen molar-refractivity contribution in [3.05, 3.63) is 70.2 Å². The molecule has 6 nitrogen and oxygen atoms in total. The summed E-state index contributed by atoms with van der Waals surface area (Å²) < 4.78 is 0. The lowest BCUT2D eigenvalue weighted by Crippen LogP contribution is -2.20. The SMILES string of the molecule is O=C(CCC(=O)Nc1ccc(Cl)c(Cl)c1)N/N=C/c1c(O)ccc2ccccc12. The number of hydrazone groups is 1. The van der Waals surface area contributed by atoms with Crippen LogP contribution in [-0.2, 0) is 9.59 Å². The minimum atomic E-state index is -0.426. The first kappa shape index (κ1) is 20.6. The van der Waals surface area contributed by atoms with Gasteiger partial charge >= 0.3 is 0 Å². The first-order valence-corrected chi connectivity index (χ1v) is 9.47. The summed E-state index contributed by atoms with van der Waals surface area (Å²) in [5.41, 5.74) is 3.36. The molecule has 0 aliphatic carbocycles.